The predicted molar refractivity (Wildman–Crippen MR) is 114 cm³/mol. The summed E-state index contributed by atoms with van der Waals surface area (Å²) in [7, 11) is 1.81. The summed E-state index contributed by atoms with van der Waals surface area (Å²) in [6.07, 6.45) is 4.83. The molecule has 0 aliphatic carbocycles. The van der Waals surface area contributed by atoms with Crippen LogP contribution in [-0.4, -0.2) is 29.3 Å². The first-order valence-electron chi connectivity index (χ1n) is 9.25. The predicted octanol–water partition coefficient (Wildman–Crippen LogP) is 4.04. The SMILES string of the molecule is CN=C(NCC(C)Cc1cccs1)NC(C)c1cccc(-n2cccn2)c1. The van der Waals surface area contributed by atoms with Gasteiger partial charge in [0.2, 0.25) is 0 Å². The topological polar surface area (TPSA) is 54.2 Å². The van der Waals surface area contributed by atoms with Crippen molar-refractivity contribution in [3.63, 3.8) is 0 Å². The molecule has 0 spiro atoms. The van der Waals surface area contributed by atoms with Crippen LogP contribution in [0.15, 0.2) is 65.2 Å². The fourth-order valence-corrected chi connectivity index (χ4v) is 3.83. The van der Waals surface area contributed by atoms with Crippen molar-refractivity contribution >= 4 is 17.3 Å². The molecule has 3 aromatic rings. The van der Waals surface area contributed by atoms with Gasteiger partial charge in [0, 0.05) is 30.9 Å². The maximum Gasteiger partial charge on any atom is 0.191 e. The summed E-state index contributed by atoms with van der Waals surface area (Å²) < 4.78 is 1.87. The first-order valence-corrected chi connectivity index (χ1v) is 10.1. The second-order valence-corrected chi connectivity index (χ2v) is 7.79. The van der Waals surface area contributed by atoms with Crippen molar-refractivity contribution in [2.75, 3.05) is 13.6 Å². The van der Waals surface area contributed by atoms with Crippen LogP contribution in [0.25, 0.3) is 5.69 Å². The number of aromatic nitrogens is 2. The molecule has 0 amide bonds. The van der Waals surface area contributed by atoms with E-state index in [1.54, 1.807) is 6.20 Å². The van der Waals surface area contributed by atoms with Crippen LogP contribution in [0.4, 0.5) is 0 Å². The van der Waals surface area contributed by atoms with Crippen LogP contribution in [-0.2, 0) is 6.42 Å². The zero-order valence-corrected chi connectivity index (χ0v) is 16.9. The van der Waals surface area contributed by atoms with E-state index in [2.05, 4.69) is 76.4 Å². The molecule has 6 heteroatoms. The Bertz CT molecular complexity index is 839. The third kappa shape index (κ3) is 5.44. The first kappa shape index (κ1) is 19.2. The van der Waals surface area contributed by atoms with E-state index in [-0.39, 0.29) is 6.04 Å². The lowest BCUT2D eigenvalue weighted by molar-refractivity contribution is 0.556. The van der Waals surface area contributed by atoms with Crippen molar-refractivity contribution in [1.82, 2.24) is 20.4 Å². The maximum atomic E-state index is 4.37. The zero-order chi connectivity index (χ0) is 19.1. The monoisotopic (exact) mass is 381 g/mol. The van der Waals surface area contributed by atoms with Crippen LogP contribution in [0.1, 0.15) is 30.3 Å². The minimum absolute atomic E-state index is 0.138. The van der Waals surface area contributed by atoms with Crippen molar-refractivity contribution in [2.45, 2.75) is 26.3 Å². The van der Waals surface area contributed by atoms with Crippen LogP contribution in [0.5, 0.6) is 0 Å². The Balaban J connectivity index is 1.55. The van der Waals surface area contributed by atoms with Crippen LogP contribution < -0.4 is 10.6 Å². The quantitative estimate of drug-likeness (QED) is 0.480. The maximum absolute atomic E-state index is 4.37. The number of aliphatic imine (C=N–C) groups is 1. The smallest absolute Gasteiger partial charge is 0.191 e. The normalized spacial score (nSPS) is 14.0. The van der Waals surface area contributed by atoms with Gasteiger partial charge < -0.3 is 10.6 Å². The Hall–Kier alpha value is -2.60. The molecule has 0 saturated carbocycles. The lowest BCUT2D eigenvalue weighted by Gasteiger charge is -2.20. The number of thiophene rings is 1. The van der Waals surface area contributed by atoms with Crippen LogP contribution in [0.3, 0.4) is 0 Å². The average Bonchev–Trinajstić information content (AvgIpc) is 3.39. The highest BCUT2D eigenvalue weighted by molar-refractivity contribution is 7.09. The Morgan fingerprint density at radius 1 is 1.22 bits per heavy atom. The minimum atomic E-state index is 0.138. The molecular weight excluding hydrogens is 354 g/mol. The molecule has 3 rings (SSSR count). The van der Waals surface area contributed by atoms with Gasteiger partial charge in [0.15, 0.2) is 5.96 Å². The standard InChI is InChI=1S/C21H27N5S/c1-16(13-20-9-5-12-27-20)15-23-21(22-3)25-17(2)18-7-4-8-19(14-18)26-11-6-10-24-26/h4-12,14,16-17H,13,15H2,1-3H3,(H2,22,23,25). The third-order valence-electron chi connectivity index (χ3n) is 4.46. The number of guanidine groups is 1. The Morgan fingerprint density at radius 3 is 2.81 bits per heavy atom. The molecule has 27 heavy (non-hydrogen) atoms. The van der Waals surface area contributed by atoms with E-state index < -0.39 is 0 Å². The van der Waals surface area contributed by atoms with Gasteiger partial charge in [-0.25, -0.2) is 4.68 Å². The van der Waals surface area contributed by atoms with Crippen LogP contribution in [0, 0.1) is 5.92 Å². The lowest BCUT2D eigenvalue weighted by Crippen LogP contribution is -2.40. The molecule has 2 aromatic heterocycles. The summed E-state index contributed by atoms with van der Waals surface area (Å²) in [5.41, 5.74) is 2.25. The van der Waals surface area contributed by atoms with E-state index in [1.807, 2.05) is 35.3 Å². The van der Waals surface area contributed by atoms with Gasteiger partial charge >= 0.3 is 0 Å². The van der Waals surface area contributed by atoms with E-state index in [9.17, 15) is 0 Å². The molecule has 2 unspecified atom stereocenters. The van der Waals surface area contributed by atoms with Crippen molar-refractivity contribution in [2.24, 2.45) is 10.9 Å². The van der Waals surface area contributed by atoms with E-state index in [4.69, 9.17) is 0 Å². The van der Waals surface area contributed by atoms with Crippen molar-refractivity contribution in [3.05, 3.63) is 70.7 Å². The molecule has 0 radical (unpaired) electrons. The summed E-state index contributed by atoms with van der Waals surface area (Å²) in [6, 6.07) is 14.8. The summed E-state index contributed by atoms with van der Waals surface area (Å²) in [4.78, 5) is 5.80. The molecule has 0 saturated heterocycles. The molecule has 0 aliphatic rings. The molecule has 142 valence electrons. The average molecular weight is 382 g/mol. The molecule has 0 fully saturated rings. The second kappa shape index (κ2) is 9.37. The largest absolute Gasteiger partial charge is 0.356 e. The minimum Gasteiger partial charge on any atom is -0.356 e. The number of rotatable bonds is 7. The molecule has 1 aromatic carbocycles. The van der Waals surface area contributed by atoms with Crippen molar-refractivity contribution < 1.29 is 0 Å². The fraction of sp³-hybridized carbons (Fsp3) is 0.333. The van der Waals surface area contributed by atoms with Gasteiger partial charge in [0.1, 0.15) is 0 Å². The van der Waals surface area contributed by atoms with Gasteiger partial charge in [-0.2, -0.15) is 5.10 Å². The van der Waals surface area contributed by atoms with Crippen LogP contribution >= 0.6 is 11.3 Å². The number of hydrogen-bond donors (Lipinski definition) is 2. The van der Waals surface area contributed by atoms with Gasteiger partial charge in [-0.05, 0) is 54.5 Å². The molecule has 0 bridgehead atoms. The van der Waals surface area contributed by atoms with Gasteiger partial charge in [0.05, 0.1) is 11.7 Å². The summed E-state index contributed by atoms with van der Waals surface area (Å²) in [5.74, 6) is 1.37. The lowest BCUT2D eigenvalue weighted by atomic mass is 10.1. The molecule has 2 atom stereocenters. The van der Waals surface area contributed by atoms with Gasteiger partial charge in [0.25, 0.3) is 0 Å². The van der Waals surface area contributed by atoms with Crippen molar-refractivity contribution in [1.29, 1.82) is 0 Å². The summed E-state index contributed by atoms with van der Waals surface area (Å²) >= 11 is 1.82. The van der Waals surface area contributed by atoms with Gasteiger partial charge in [-0.3, -0.25) is 4.99 Å². The summed E-state index contributed by atoms with van der Waals surface area (Å²) in [5, 5.41) is 13.4. The summed E-state index contributed by atoms with van der Waals surface area (Å²) in [6.45, 7) is 5.29. The van der Waals surface area contributed by atoms with Crippen LogP contribution in [0.2, 0.25) is 0 Å². The van der Waals surface area contributed by atoms with E-state index in [0.717, 1.165) is 24.6 Å². The third-order valence-corrected chi connectivity index (χ3v) is 5.36. The Kier molecular flexibility index (Phi) is 6.65. The Labute approximate surface area is 165 Å². The number of nitrogens with zero attached hydrogens (tertiary/aromatic N) is 3. The van der Waals surface area contributed by atoms with Gasteiger partial charge in [-0.1, -0.05) is 25.1 Å². The number of hydrogen-bond acceptors (Lipinski definition) is 3. The molecule has 2 N–H and O–H groups in total. The zero-order valence-electron chi connectivity index (χ0n) is 16.1. The number of nitrogens with one attached hydrogen (secondary N) is 2. The van der Waals surface area contributed by atoms with E-state index >= 15 is 0 Å². The number of benzene rings is 1. The van der Waals surface area contributed by atoms with Crippen molar-refractivity contribution in [3.8, 4) is 5.69 Å². The highest BCUT2D eigenvalue weighted by Crippen LogP contribution is 2.17. The Morgan fingerprint density at radius 2 is 2.11 bits per heavy atom. The van der Waals surface area contributed by atoms with E-state index in [1.165, 1.54) is 10.4 Å². The van der Waals surface area contributed by atoms with E-state index in [0.29, 0.717) is 5.92 Å². The first-order chi connectivity index (χ1) is 13.2. The molecule has 0 aliphatic heterocycles. The molecular formula is C21H27N5S. The fourth-order valence-electron chi connectivity index (χ4n) is 2.96. The molecule has 5 nitrogen and oxygen atoms in total. The highest BCUT2D eigenvalue weighted by Gasteiger charge is 2.11. The highest BCUT2D eigenvalue weighted by atomic mass is 32.1. The molecule has 2 heterocycles. The van der Waals surface area contributed by atoms with Gasteiger partial charge in [-0.15, -0.1) is 11.3 Å². The second-order valence-electron chi connectivity index (χ2n) is 6.75.